The summed E-state index contributed by atoms with van der Waals surface area (Å²) in [6, 6.07) is 0. The van der Waals surface area contributed by atoms with E-state index >= 15 is 0 Å². The van der Waals surface area contributed by atoms with Gasteiger partial charge in [-0.2, -0.15) is 0 Å². The monoisotopic (exact) mass is 310 g/mol. The summed E-state index contributed by atoms with van der Waals surface area (Å²) in [6.07, 6.45) is 8.97. The fourth-order valence-corrected chi connectivity index (χ4v) is 2.76. The Bertz CT molecular complexity index is 400. The van der Waals surface area contributed by atoms with Crippen molar-refractivity contribution in [2.45, 2.75) is 44.8 Å². The number of rotatable bonds is 9. The van der Waals surface area contributed by atoms with E-state index in [2.05, 4.69) is 6.58 Å². The highest BCUT2D eigenvalue weighted by Crippen LogP contribution is 2.40. The van der Waals surface area contributed by atoms with Crippen molar-refractivity contribution in [3.8, 4) is 0 Å². The Hall–Kier alpha value is -1.33. The maximum Gasteiger partial charge on any atom is 0.373 e. The van der Waals surface area contributed by atoms with Crippen LogP contribution in [0.5, 0.6) is 0 Å². The summed E-state index contributed by atoms with van der Waals surface area (Å²) >= 11 is 0. The highest BCUT2D eigenvalue weighted by atomic mass is 16.7. The molecule has 5 nitrogen and oxygen atoms in total. The van der Waals surface area contributed by atoms with Crippen molar-refractivity contribution in [2.24, 2.45) is 11.8 Å². The molecule has 0 saturated heterocycles. The van der Waals surface area contributed by atoms with Crippen LogP contribution in [0.1, 0.15) is 38.5 Å². The number of unbranched alkanes of at least 4 members (excludes halogenated alkanes) is 1. The largest absolute Gasteiger partial charge is 0.458 e. The first-order valence-corrected chi connectivity index (χ1v) is 8.13. The molecular formula is C17H26O5. The average Bonchev–Trinajstić information content (AvgIpc) is 2.47. The van der Waals surface area contributed by atoms with E-state index in [0.717, 1.165) is 12.8 Å². The molecule has 1 aliphatic heterocycles. The van der Waals surface area contributed by atoms with Crippen LogP contribution < -0.4 is 0 Å². The molecule has 0 aromatic heterocycles. The molecule has 1 heterocycles. The Kier molecular flexibility index (Phi) is 6.93. The quantitative estimate of drug-likeness (QED) is 0.403. The van der Waals surface area contributed by atoms with Gasteiger partial charge in [0.2, 0.25) is 12.0 Å². The zero-order chi connectivity index (χ0) is 15.8. The third kappa shape index (κ3) is 4.85. The predicted octanol–water partition coefficient (Wildman–Crippen LogP) is 2.55. The predicted molar refractivity (Wildman–Crippen MR) is 81.8 cm³/mol. The summed E-state index contributed by atoms with van der Waals surface area (Å²) in [7, 11) is 0. The fourth-order valence-electron chi connectivity index (χ4n) is 2.76. The van der Waals surface area contributed by atoms with Crippen LogP contribution in [0.4, 0.5) is 0 Å². The van der Waals surface area contributed by atoms with E-state index < -0.39 is 12.3 Å². The summed E-state index contributed by atoms with van der Waals surface area (Å²) in [5.41, 5.74) is 0. The van der Waals surface area contributed by atoms with Gasteiger partial charge in [-0.05, 0) is 43.6 Å². The first-order valence-electron chi connectivity index (χ1n) is 8.13. The van der Waals surface area contributed by atoms with Crippen molar-refractivity contribution in [1.82, 2.24) is 0 Å². The smallest absolute Gasteiger partial charge is 0.373 e. The Morgan fingerprint density at radius 3 is 2.91 bits per heavy atom. The maximum atomic E-state index is 12.0. The van der Waals surface area contributed by atoms with Gasteiger partial charge in [-0.1, -0.05) is 19.1 Å². The van der Waals surface area contributed by atoms with Gasteiger partial charge in [0.05, 0.1) is 6.61 Å². The Balaban J connectivity index is 1.91. The van der Waals surface area contributed by atoms with E-state index in [9.17, 15) is 4.79 Å². The number of ether oxygens (including phenoxy) is 3. The third-order valence-electron chi connectivity index (χ3n) is 4.23. The van der Waals surface area contributed by atoms with Gasteiger partial charge in [0.15, 0.2) is 0 Å². The second kappa shape index (κ2) is 8.96. The van der Waals surface area contributed by atoms with Gasteiger partial charge in [0.25, 0.3) is 0 Å². The van der Waals surface area contributed by atoms with Gasteiger partial charge in [-0.25, -0.2) is 4.79 Å². The molecule has 5 heteroatoms. The van der Waals surface area contributed by atoms with Crippen molar-refractivity contribution >= 4 is 5.97 Å². The molecule has 0 amide bonds. The maximum absolute atomic E-state index is 12.0. The number of aliphatic hydroxyl groups is 1. The molecule has 22 heavy (non-hydrogen) atoms. The van der Waals surface area contributed by atoms with E-state index in [4.69, 9.17) is 19.3 Å². The minimum atomic E-state index is -0.451. The summed E-state index contributed by atoms with van der Waals surface area (Å²) in [6.45, 7) is 4.40. The summed E-state index contributed by atoms with van der Waals surface area (Å²) in [5, 5.41) is 8.79. The zero-order valence-electron chi connectivity index (χ0n) is 13.0. The summed E-state index contributed by atoms with van der Waals surface area (Å²) in [4.78, 5) is 12.0. The molecule has 1 aliphatic carbocycles. The van der Waals surface area contributed by atoms with Gasteiger partial charge < -0.3 is 19.3 Å². The Morgan fingerprint density at radius 2 is 2.27 bits per heavy atom. The molecule has 2 rings (SSSR count). The summed E-state index contributed by atoms with van der Waals surface area (Å²) in [5.74, 6) is 0.747. The highest BCUT2D eigenvalue weighted by molar-refractivity contribution is 5.86. The number of carbonyl (C=O) groups excluding carboxylic acids is 1. The molecule has 2 atom stereocenters. The minimum absolute atomic E-state index is 0.165. The number of allylic oxidation sites excluding steroid dienone is 1. The second-order valence-corrected chi connectivity index (χ2v) is 5.86. The molecule has 0 radical (unpaired) electrons. The molecule has 1 saturated carbocycles. The molecular weight excluding hydrogens is 284 g/mol. The number of esters is 1. The molecule has 1 fully saturated rings. The lowest BCUT2D eigenvalue weighted by Crippen LogP contribution is -2.33. The van der Waals surface area contributed by atoms with Gasteiger partial charge >= 0.3 is 5.97 Å². The molecule has 0 spiro atoms. The van der Waals surface area contributed by atoms with Crippen molar-refractivity contribution in [3.63, 3.8) is 0 Å². The minimum Gasteiger partial charge on any atom is -0.458 e. The van der Waals surface area contributed by atoms with Crippen LogP contribution in [0.15, 0.2) is 24.5 Å². The van der Waals surface area contributed by atoms with Gasteiger partial charge in [-0.3, -0.25) is 0 Å². The topological polar surface area (TPSA) is 65.0 Å². The lowest BCUT2D eigenvalue weighted by molar-refractivity contribution is -0.165. The number of hydrogen-bond acceptors (Lipinski definition) is 5. The SMILES string of the molecule is C=CCOC(=O)C1=C[C@@H](C2CCC2)C[C@@H](OCCCCO)O1. The number of carbonyl (C=O) groups is 1. The van der Waals surface area contributed by atoms with Crippen molar-refractivity contribution < 1.29 is 24.1 Å². The molecule has 2 aliphatic rings. The normalized spacial score (nSPS) is 24.9. The van der Waals surface area contributed by atoms with Crippen LogP contribution >= 0.6 is 0 Å². The van der Waals surface area contributed by atoms with Crippen LogP contribution in [0.3, 0.4) is 0 Å². The molecule has 1 N–H and O–H groups in total. The third-order valence-corrected chi connectivity index (χ3v) is 4.23. The second-order valence-electron chi connectivity index (χ2n) is 5.86. The Labute approximate surface area is 131 Å². The molecule has 0 bridgehead atoms. The van der Waals surface area contributed by atoms with Gasteiger partial charge in [0, 0.05) is 13.0 Å². The van der Waals surface area contributed by atoms with Crippen LogP contribution in [0.2, 0.25) is 0 Å². The van der Waals surface area contributed by atoms with E-state index in [1.165, 1.54) is 25.3 Å². The average molecular weight is 310 g/mol. The lowest BCUT2D eigenvalue weighted by Gasteiger charge is -2.37. The first-order chi connectivity index (χ1) is 10.7. The highest BCUT2D eigenvalue weighted by Gasteiger charge is 2.35. The van der Waals surface area contributed by atoms with Crippen LogP contribution in [0.25, 0.3) is 0 Å². The molecule has 0 aromatic carbocycles. The van der Waals surface area contributed by atoms with Crippen LogP contribution in [-0.2, 0) is 19.0 Å². The van der Waals surface area contributed by atoms with E-state index in [0.29, 0.717) is 24.9 Å². The van der Waals surface area contributed by atoms with Crippen LogP contribution in [0, 0.1) is 11.8 Å². The summed E-state index contributed by atoms with van der Waals surface area (Å²) < 4.78 is 16.4. The fraction of sp³-hybridized carbons (Fsp3) is 0.706. The van der Waals surface area contributed by atoms with Crippen LogP contribution in [-0.4, -0.2) is 37.2 Å². The van der Waals surface area contributed by atoms with Crippen molar-refractivity contribution in [3.05, 3.63) is 24.5 Å². The van der Waals surface area contributed by atoms with E-state index in [1.54, 1.807) is 0 Å². The number of aliphatic hydroxyl groups excluding tert-OH is 1. The van der Waals surface area contributed by atoms with Crippen molar-refractivity contribution in [1.29, 1.82) is 0 Å². The lowest BCUT2D eigenvalue weighted by atomic mass is 9.73. The Morgan fingerprint density at radius 1 is 1.45 bits per heavy atom. The van der Waals surface area contributed by atoms with Crippen molar-refractivity contribution in [2.75, 3.05) is 19.8 Å². The first kappa shape index (κ1) is 17.0. The van der Waals surface area contributed by atoms with Gasteiger partial charge in [0.1, 0.15) is 6.61 Å². The van der Waals surface area contributed by atoms with E-state index in [-0.39, 0.29) is 19.0 Å². The molecule has 0 aromatic rings. The zero-order valence-corrected chi connectivity index (χ0v) is 13.0. The van der Waals surface area contributed by atoms with Gasteiger partial charge in [-0.15, -0.1) is 0 Å². The molecule has 124 valence electrons. The standard InChI is InChI=1S/C17H26O5/c1-2-9-21-17(19)15-11-14(13-6-5-7-13)12-16(22-15)20-10-4-3-8-18/h2,11,13-14,16,18H,1,3-10,12H2/t14-,16+/m1/s1. The number of hydrogen-bond donors (Lipinski definition) is 1. The van der Waals surface area contributed by atoms with E-state index in [1.807, 2.05) is 6.08 Å². The molecule has 0 unspecified atom stereocenters.